The lowest BCUT2D eigenvalue weighted by atomic mass is 10.1. The molecule has 0 fully saturated rings. The number of rotatable bonds is 4. The molecule has 1 aromatic carbocycles. The van der Waals surface area contributed by atoms with Gasteiger partial charge in [0, 0.05) is 10.6 Å². The predicted octanol–water partition coefficient (Wildman–Crippen LogP) is 1.54. The minimum Gasteiger partial charge on any atom is -0.326 e. The standard InChI is InChI=1S/C10H12N2O3/c1-8(7-12(14)15)10(13)11-9-5-3-2-4-6-9/h2-6,8H,7H2,1H3,(H,11,13). The van der Waals surface area contributed by atoms with Crippen LogP contribution in [-0.2, 0) is 4.79 Å². The number of para-hydroxylation sites is 1. The lowest BCUT2D eigenvalue weighted by Gasteiger charge is -2.07. The summed E-state index contributed by atoms with van der Waals surface area (Å²) < 4.78 is 0. The molecule has 1 unspecified atom stereocenters. The van der Waals surface area contributed by atoms with Crippen LogP contribution in [0.4, 0.5) is 5.69 Å². The molecule has 0 aliphatic carbocycles. The van der Waals surface area contributed by atoms with Crippen LogP contribution in [-0.4, -0.2) is 17.4 Å². The van der Waals surface area contributed by atoms with Gasteiger partial charge in [-0.1, -0.05) is 18.2 Å². The van der Waals surface area contributed by atoms with Crippen molar-refractivity contribution in [1.82, 2.24) is 0 Å². The van der Waals surface area contributed by atoms with Crippen molar-refractivity contribution in [3.63, 3.8) is 0 Å². The molecule has 15 heavy (non-hydrogen) atoms. The molecule has 0 aliphatic rings. The van der Waals surface area contributed by atoms with E-state index in [9.17, 15) is 14.9 Å². The number of carbonyl (C=O) groups is 1. The van der Waals surface area contributed by atoms with Crippen molar-refractivity contribution in [3.05, 3.63) is 40.4 Å². The summed E-state index contributed by atoms with van der Waals surface area (Å²) in [4.78, 5) is 21.1. The van der Waals surface area contributed by atoms with Gasteiger partial charge < -0.3 is 5.32 Å². The Bertz CT molecular complexity index is 351. The molecule has 0 saturated heterocycles. The van der Waals surface area contributed by atoms with Crippen molar-refractivity contribution >= 4 is 11.6 Å². The summed E-state index contributed by atoms with van der Waals surface area (Å²) in [5, 5.41) is 12.8. The molecule has 1 amide bonds. The highest BCUT2D eigenvalue weighted by atomic mass is 16.6. The van der Waals surface area contributed by atoms with Crippen molar-refractivity contribution in [2.24, 2.45) is 5.92 Å². The Hall–Kier alpha value is -1.91. The molecular weight excluding hydrogens is 196 g/mol. The monoisotopic (exact) mass is 208 g/mol. The van der Waals surface area contributed by atoms with E-state index in [1.165, 1.54) is 6.92 Å². The van der Waals surface area contributed by atoms with Gasteiger partial charge in [0.1, 0.15) is 0 Å². The van der Waals surface area contributed by atoms with E-state index < -0.39 is 10.8 Å². The number of carbonyl (C=O) groups excluding carboxylic acids is 1. The van der Waals surface area contributed by atoms with Crippen molar-refractivity contribution in [2.45, 2.75) is 6.92 Å². The summed E-state index contributed by atoms with van der Waals surface area (Å²) >= 11 is 0. The Labute approximate surface area is 87.3 Å². The summed E-state index contributed by atoms with van der Waals surface area (Å²) in [5.74, 6) is -0.960. The Balaban J connectivity index is 2.52. The Morgan fingerprint density at radius 3 is 2.60 bits per heavy atom. The van der Waals surface area contributed by atoms with E-state index in [4.69, 9.17) is 0 Å². The molecule has 0 spiro atoms. The van der Waals surface area contributed by atoms with Crippen LogP contribution in [0.1, 0.15) is 6.92 Å². The Morgan fingerprint density at radius 1 is 1.47 bits per heavy atom. The van der Waals surface area contributed by atoms with Gasteiger partial charge in [0.25, 0.3) is 0 Å². The second-order valence-electron chi connectivity index (χ2n) is 3.27. The molecule has 0 bridgehead atoms. The molecule has 1 aromatic rings. The van der Waals surface area contributed by atoms with Crippen LogP contribution in [0.15, 0.2) is 30.3 Å². The Kier molecular flexibility index (Phi) is 3.79. The van der Waals surface area contributed by atoms with Crippen molar-refractivity contribution in [3.8, 4) is 0 Å². The quantitative estimate of drug-likeness (QED) is 0.602. The van der Waals surface area contributed by atoms with Gasteiger partial charge in [-0.25, -0.2) is 0 Å². The van der Waals surface area contributed by atoms with Crippen LogP contribution in [0.25, 0.3) is 0 Å². The minimum atomic E-state index is -0.625. The summed E-state index contributed by atoms with van der Waals surface area (Å²) in [6, 6.07) is 8.87. The van der Waals surface area contributed by atoms with E-state index in [-0.39, 0.29) is 12.5 Å². The third-order valence-corrected chi connectivity index (χ3v) is 1.91. The van der Waals surface area contributed by atoms with Gasteiger partial charge in [-0.15, -0.1) is 0 Å². The first-order valence-corrected chi connectivity index (χ1v) is 4.57. The summed E-state index contributed by atoms with van der Waals surface area (Å²) in [7, 11) is 0. The normalized spacial score (nSPS) is 11.8. The third-order valence-electron chi connectivity index (χ3n) is 1.91. The van der Waals surface area contributed by atoms with Gasteiger partial charge in [0.15, 0.2) is 0 Å². The maximum absolute atomic E-state index is 11.4. The maximum atomic E-state index is 11.4. The fourth-order valence-corrected chi connectivity index (χ4v) is 1.09. The van der Waals surface area contributed by atoms with Gasteiger partial charge in [-0.3, -0.25) is 14.9 Å². The molecule has 1 atom stereocenters. The number of anilines is 1. The van der Waals surface area contributed by atoms with Gasteiger partial charge >= 0.3 is 0 Å². The van der Waals surface area contributed by atoms with E-state index in [1.807, 2.05) is 6.07 Å². The molecule has 0 heterocycles. The first-order valence-electron chi connectivity index (χ1n) is 4.57. The molecular formula is C10H12N2O3. The van der Waals surface area contributed by atoms with Crippen LogP contribution in [0, 0.1) is 16.0 Å². The number of benzene rings is 1. The second kappa shape index (κ2) is 5.09. The van der Waals surface area contributed by atoms with Crippen LogP contribution >= 0.6 is 0 Å². The highest BCUT2D eigenvalue weighted by Gasteiger charge is 2.18. The van der Waals surface area contributed by atoms with Crippen molar-refractivity contribution < 1.29 is 9.72 Å². The molecule has 1 rings (SSSR count). The van der Waals surface area contributed by atoms with Gasteiger partial charge in [0.2, 0.25) is 12.5 Å². The average Bonchev–Trinajstić information content (AvgIpc) is 2.18. The lowest BCUT2D eigenvalue weighted by Crippen LogP contribution is -2.26. The zero-order valence-corrected chi connectivity index (χ0v) is 8.34. The Morgan fingerprint density at radius 2 is 2.07 bits per heavy atom. The summed E-state index contributed by atoms with van der Waals surface area (Å²) in [5.41, 5.74) is 0.651. The number of hydrogen-bond donors (Lipinski definition) is 1. The van der Waals surface area contributed by atoms with Crippen LogP contribution in [0.2, 0.25) is 0 Å². The van der Waals surface area contributed by atoms with Crippen LogP contribution < -0.4 is 5.32 Å². The molecule has 5 nitrogen and oxygen atoms in total. The van der Waals surface area contributed by atoms with E-state index >= 15 is 0 Å². The number of hydrogen-bond acceptors (Lipinski definition) is 3. The zero-order chi connectivity index (χ0) is 11.3. The van der Waals surface area contributed by atoms with E-state index in [0.717, 1.165) is 0 Å². The molecule has 0 aliphatic heterocycles. The predicted molar refractivity (Wildman–Crippen MR) is 56.1 cm³/mol. The number of nitrogens with one attached hydrogen (secondary N) is 1. The summed E-state index contributed by atoms with van der Waals surface area (Å²) in [6.45, 7) is 1.18. The van der Waals surface area contributed by atoms with Crippen molar-refractivity contribution in [2.75, 3.05) is 11.9 Å². The smallest absolute Gasteiger partial charge is 0.233 e. The van der Waals surface area contributed by atoms with Gasteiger partial charge in [0.05, 0.1) is 5.92 Å². The van der Waals surface area contributed by atoms with E-state index in [0.29, 0.717) is 5.69 Å². The molecule has 0 saturated carbocycles. The zero-order valence-electron chi connectivity index (χ0n) is 8.34. The summed E-state index contributed by atoms with van der Waals surface area (Å²) in [6.07, 6.45) is 0. The second-order valence-corrected chi connectivity index (χ2v) is 3.27. The largest absolute Gasteiger partial charge is 0.326 e. The first-order chi connectivity index (χ1) is 7.09. The first kappa shape index (κ1) is 11.2. The van der Waals surface area contributed by atoms with Crippen LogP contribution in [0.3, 0.4) is 0 Å². The van der Waals surface area contributed by atoms with E-state index in [2.05, 4.69) is 5.32 Å². The molecule has 0 radical (unpaired) electrons. The molecule has 80 valence electrons. The minimum absolute atomic E-state index is 0.335. The number of nitro groups is 1. The van der Waals surface area contributed by atoms with Crippen LogP contribution in [0.5, 0.6) is 0 Å². The highest BCUT2D eigenvalue weighted by molar-refractivity contribution is 5.92. The fourth-order valence-electron chi connectivity index (χ4n) is 1.09. The molecule has 5 heteroatoms. The van der Waals surface area contributed by atoms with Gasteiger partial charge in [-0.2, -0.15) is 0 Å². The molecule has 0 aromatic heterocycles. The topological polar surface area (TPSA) is 72.2 Å². The number of amides is 1. The highest BCUT2D eigenvalue weighted by Crippen LogP contribution is 2.07. The van der Waals surface area contributed by atoms with Crippen molar-refractivity contribution in [1.29, 1.82) is 0 Å². The van der Waals surface area contributed by atoms with Gasteiger partial charge in [-0.05, 0) is 19.1 Å². The fraction of sp³-hybridized carbons (Fsp3) is 0.300. The van der Waals surface area contributed by atoms with E-state index in [1.54, 1.807) is 24.3 Å². The average molecular weight is 208 g/mol. The number of nitrogens with zero attached hydrogens (tertiary/aromatic N) is 1. The SMILES string of the molecule is CC(C[N+](=O)[O-])C(=O)Nc1ccccc1. The third kappa shape index (κ3) is 3.76. The molecule has 1 N–H and O–H groups in total. The maximum Gasteiger partial charge on any atom is 0.233 e. The lowest BCUT2D eigenvalue weighted by molar-refractivity contribution is -0.484.